The Bertz CT molecular complexity index is 469. The molecule has 0 fully saturated rings. The van der Waals surface area contributed by atoms with Crippen LogP contribution in [-0.2, 0) is 0 Å². The lowest BCUT2D eigenvalue weighted by Gasteiger charge is -2.24. The number of aromatic nitrogens is 2. The second-order valence-electron chi connectivity index (χ2n) is 5.57. The van der Waals surface area contributed by atoms with Crippen molar-refractivity contribution in [2.45, 2.75) is 26.3 Å². The van der Waals surface area contributed by atoms with Crippen molar-refractivity contribution < 1.29 is 9.66 Å². The van der Waals surface area contributed by atoms with Gasteiger partial charge in [0.1, 0.15) is 6.33 Å². The highest BCUT2D eigenvalue weighted by Gasteiger charge is 2.26. The van der Waals surface area contributed by atoms with Gasteiger partial charge < -0.3 is 15.0 Å². The van der Waals surface area contributed by atoms with Gasteiger partial charge in [0.2, 0.25) is 5.82 Å². The average Bonchev–Trinajstić information content (AvgIpc) is 2.36. The van der Waals surface area contributed by atoms with Crippen LogP contribution >= 0.6 is 0 Å². The van der Waals surface area contributed by atoms with Crippen LogP contribution in [0.5, 0.6) is 5.88 Å². The third-order valence-corrected chi connectivity index (χ3v) is 2.85. The van der Waals surface area contributed by atoms with E-state index in [-0.39, 0.29) is 23.4 Å². The molecule has 0 saturated carbocycles. The molecular weight excluding hydrogens is 274 g/mol. The van der Waals surface area contributed by atoms with E-state index in [0.717, 1.165) is 13.0 Å². The number of nitro groups is 1. The van der Waals surface area contributed by atoms with E-state index in [9.17, 15) is 10.1 Å². The number of nitrogens with one attached hydrogen (secondary N) is 1. The highest BCUT2D eigenvalue weighted by molar-refractivity contribution is 5.61. The van der Waals surface area contributed by atoms with Crippen molar-refractivity contribution in [3.63, 3.8) is 0 Å². The van der Waals surface area contributed by atoms with Crippen LogP contribution in [-0.4, -0.2) is 53.6 Å². The van der Waals surface area contributed by atoms with Crippen LogP contribution in [0.1, 0.15) is 20.3 Å². The van der Waals surface area contributed by atoms with Gasteiger partial charge in [-0.15, -0.1) is 0 Å². The van der Waals surface area contributed by atoms with Crippen molar-refractivity contribution in [1.29, 1.82) is 0 Å². The number of nitrogens with zero attached hydrogens (tertiary/aromatic N) is 4. The van der Waals surface area contributed by atoms with Gasteiger partial charge in [-0.1, -0.05) is 13.8 Å². The van der Waals surface area contributed by atoms with E-state index in [1.54, 1.807) is 0 Å². The van der Waals surface area contributed by atoms with E-state index in [0.29, 0.717) is 5.92 Å². The predicted molar refractivity (Wildman–Crippen MR) is 80.7 cm³/mol. The summed E-state index contributed by atoms with van der Waals surface area (Å²) in [5.41, 5.74) is -0.229. The molecule has 0 radical (unpaired) electrons. The van der Waals surface area contributed by atoms with E-state index >= 15 is 0 Å². The lowest BCUT2D eigenvalue weighted by Crippen LogP contribution is -2.34. The number of methoxy groups -OCH3 is 1. The summed E-state index contributed by atoms with van der Waals surface area (Å²) in [5.74, 6) is 0.621. The van der Waals surface area contributed by atoms with E-state index in [1.807, 2.05) is 19.0 Å². The first-order valence-corrected chi connectivity index (χ1v) is 6.79. The van der Waals surface area contributed by atoms with Crippen molar-refractivity contribution in [2.75, 3.05) is 33.1 Å². The number of ether oxygens (including phenoxy) is 1. The second-order valence-corrected chi connectivity index (χ2v) is 5.57. The summed E-state index contributed by atoms with van der Waals surface area (Å²) in [4.78, 5) is 20.5. The Balaban J connectivity index is 3.04. The molecule has 8 heteroatoms. The minimum Gasteiger partial charge on any atom is -0.476 e. The molecule has 8 nitrogen and oxygen atoms in total. The first-order chi connectivity index (χ1) is 9.85. The number of anilines is 1. The maximum atomic E-state index is 11.2. The lowest BCUT2D eigenvalue weighted by molar-refractivity contribution is -0.385. The van der Waals surface area contributed by atoms with Crippen LogP contribution in [0.3, 0.4) is 0 Å². The van der Waals surface area contributed by atoms with Crippen LogP contribution in [0.2, 0.25) is 0 Å². The van der Waals surface area contributed by atoms with E-state index in [4.69, 9.17) is 4.74 Å². The quantitative estimate of drug-likeness (QED) is 0.577. The smallest absolute Gasteiger partial charge is 0.372 e. The number of rotatable bonds is 8. The molecule has 118 valence electrons. The van der Waals surface area contributed by atoms with Crippen LogP contribution in [0.15, 0.2) is 6.33 Å². The first kappa shape index (κ1) is 17.1. The third kappa shape index (κ3) is 5.14. The topological polar surface area (TPSA) is 93.4 Å². The van der Waals surface area contributed by atoms with Gasteiger partial charge in [0.05, 0.1) is 12.0 Å². The van der Waals surface area contributed by atoms with Gasteiger partial charge in [-0.05, 0) is 26.4 Å². The highest BCUT2D eigenvalue weighted by Crippen LogP contribution is 2.31. The zero-order chi connectivity index (χ0) is 16.0. The summed E-state index contributed by atoms with van der Waals surface area (Å²) in [7, 11) is 5.28. The predicted octanol–water partition coefficient (Wildman–Crippen LogP) is 1.78. The SMILES string of the molecule is COc1ncnc(NC(CC(C)C)CN(C)C)c1[N+](=O)[O-]. The molecule has 1 aromatic rings. The number of hydrogen-bond donors (Lipinski definition) is 1. The third-order valence-electron chi connectivity index (χ3n) is 2.85. The molecule has 1 heterocycles. The summed E-state index contributed by atoms with van der Waals surface area (Å²) in [6.07, 6.45) is 2.14. The van der Waals surface area contributed by atoms with E-state index < -0.39 is 4.92 Å². The van der Waals surface area contributed by atoms with Crippen LogP contribution in [0.25, 0.3) is 0 Å². The molecule has 1 unspecified atom stereocenters. The molecule has 0 spiro atoms. The van der Waals surface area contributed by atoms with Gasteiger partial charge in [-0.3, -0.25) is 10.1 Å². The molecule has 21 heavy (non-hydrogen) atoms. The van der Waals surface area contributed by atoms with Gasteiger partial charge in [0.25, 0.3) is 5.88 Å². The Morgan fingerprint density at radius 3 is 2.57 bits per heavy atom. The number of hydrogen-bond acceptors (Lipinski definition) is 7. The zero-order valence-electron chi connectivity index (χ0n) is 13.2. The van der Waals surface area contributed by atoms with Crippen LogP contribution in [0.4, 0.5) is 11.5 Å². The summed E-state index contributed by atoms with van der Waals surface area (Å²) >= 11 is 0. The van der Waals surface area contributed by atoms with Crippen molar-refractivity contribution in [1.82, 2.24) is 14.9 Å². The summed E-state index contributed by atoms with van der Waals surface area (Å²) in [5, 5.41) is 14.4. The van der Waals surface area contributed by atoms with Gasteiger partial charge in [0.15, 0.2) is 0 Å². The first-order valence-electron chi connectivity index (χ1n) is 6.79. The fourth-order valence-corrected chi connectivity index (χ4v) is 2.16. The van der Waals surface area contributed by atoms with Gasteiger partial charge in [-0.25, -0.2) is 4.98 Å². The molecule has 0 bridgehead atoms. The molecular formula is C13H23N5O3. The summed E-state index contributed by atoms with van der Waals surface area (Å²) < 4.78 is 4.95. The maximum absolute atomic E-state index is 11.2. The standard InChI is InChI=1S/C13H23N5O3/c1-9(2)6-10(7-17(3)4)16-12-11(18(19)20)13(21-5)15-8-14-12/h8-10H,6-7H2,1-5H3,(H,14,15,16). The maximum Gasteiger partial charge on any atom is 0.372 e. The Morgan fingerprint density at radius 1 is 1.43 bits per heavy atom. The van der Waals surface area contributed by atoms with Crippen molar-refractivity contribution in [3.05, 3.63) is 16.4 Å². The highest BCUT2D eigenvalue weighted by atomic mass is 16.6. The van der Waals surface area contributed by atoms with E-state index in [2.05, 4.69) is 29.1 Å². The summed E-state index contributed by atoms with van der Waals surface area (Å²) in [6, 6.07) is 0.0540. The molecule has 0 amide bonds. The van der Waals surface area contributed by atoms with Crippen molar-refractivity contribution >= 4 is 11.5 Å². The van der Waals surface area contributed by atoms with Crippen LogP contribution in [0, 0.1) is 16.0 Å². The lowest BCUT2D eigenvalue weighted by atomic mass is 10.0. The zero-order valence-corrected chi connectivity index (χ0v) is 13.2. The minimum atomic E-state index is -0.525. The Labute approximate surface area is 124 Å². The molecule has 0 aliphatic rings. The molecule has 1 atom stereocenters. The Kier molecular flexibility index (Phi) is 6.29. The van der Waals surface area contributed by atoms with Gasteiger partial charge in [0, 0.05) is 12.6 Å². The summed E-state index contributed by atoms with van der Waals surface area (Å²) in [6.45, 7) is 4.97. The van der Waals surface area contributed by atoms with Crippen molar-refractivity contribution in [2.24, 2.45) is 5.92 Å². The molecule has 0 aromatic carbocycles. The van der Waals surface area contributed by atoms with E-state index in [1.165, 1.54) is 13.4 Å². The molecule has 1 aromatic heterocycles. The van der Waals surface area contributed by atoms with Crippen molar-refractivity contribution in [3.8, 4) is 5.88 Å². The molecule has 0 aliphatic carbocycles. The Morgan fingerprint density at radius 2 is 2.10 bits per heavy atom. The molecule has 1 rings (SSSR count). The van der Waals surface area contributed by atoms with Crippen LogP contribution < -0.4 is 10.1 Å². The average molecular weight is 297 g/mol. The fraction of sp³-hybridized carbons (Fsp3) is 0.692. The number of likely N-dealkylation sites (N-methyl/N-ethyl adjacent to an activating group) is 1. The van der Waals surface area contributed by atoms with Gasteiger partial charge in [-0.2, -0.15) is 4.98 Å². The Hall–Kier alpha value is -1.96. The molecule has 0 saturated heterocycles. The molecule has 0 aliphatic heterocycles. The normalized spacial score (nSPS) is 12.5. The monoisotopic (exact) mass is 297 g/mol. The largest absolute Gasteiger partial charge is 0.476 e. The fourth-order valence-electron chi connectivity index (χ4n) is 2.16. The second kappa shape index (κ2) is 7.72. The minimum absolute atomic E-state index is 0.0364. The van der Waals surface area contributed by atoms with Gasteiger partial charge >= 0.3 is 5.69 Å². The molecule has 1 N–H and O–H groups in total.